The second kappa shape index (κ2) is 9.24. The topological polar surface area (TPSA) is 69.4 Å². The van der Waals surface area contributed by atoms with Crippen molar-refractivity contribution in [3.63, 3.8) is 0 Å². The average Bonchev–Trinajstić information content (AvgIpc) is 3.44. The van der Waals surface area contributed by atoms with Crippen molar-refractivity contribution in [3.05, 3.63) is 93.6 Å². The largest absolute Gasteiger partial charge is 0.456 e. The number of halogens is 2. The summed E-state index contributed by atoms with van der Waals surface area (Å²) in [4.78, 5) is 31.7. The summed E-state index contributed by atoms with van der Waals surface area (Å²) < 4.78 is 9.24. The first-order valence-electron chi connectivity index (χ1n) is 11.1. The van der Waals surface area contributed by atoms with Crippen molar-refractivity contribution in [3.8, 4) is 17.2 Å². The van der Waals surface area contributed by atoms with Gasteiger partial charge in [-0.1, -0.05) is 35.8 Å². The van der Waals surface area contributed by atoms with E-state index in [0.29, 0.717) is 52.3 Å². The summed E-state index contributed by atoms with van der Waals surface area (Å²) in [5, 5.41) is 0.946. The monoisotopic (exact) mass is 508 g/mol. The van der Waals surface area contributed by atoms with Gasteiger partial charge in [-0.25, -0.2) is 4.79 Å². The van der Waals surface area contributed by atoms with E-state index in [9.17, 15) is 9.59 Å². The molecule has 1 aliphatic rings. The summed E-state index contributed by atoms with van der Waals surface area (Å²) in [5.74, 6) is 0.871. The van der Waals surface area contributed by atoms with E-state index in [1.165, 1.54) is 6.08 Å². The lowest BCUT2D eigenvalue weighted by Gasteiger charge is -2.15. The number of carbonyl (C=O) groups excluding carboxylic acids is 1. The molecule has 4 aromatic rings. The summed E-state index contributed by atoms with van der Waals surface area (Å²) >= 11 is 12.8. The minimum absolute atomic E-state index is 0.136. The highest BCUT2D eigenvalue weighted by molar-refractivity contribution is 6.32. The molecule has 1 saturated heterocycles. The van der Waals surface area contributed by atoms with Crippen molar-refractivity contribution in [2.24, 2.45) is 0 Å². The molecular formula is C26H22Cl2N4O3. The minimum Gasteiger partial charge on any atom is -0.456 e. The van der Waals surface area contributed by atoms with E-state index in [-0.39, 0.29) is 17.6 Å². The van der Waals surface area contributed by atoms with Crippen LogP contribution in [0.25, 0.3) is 16.7 Å². The number of hydrogen-bond acceptors (Lipinski definition) is 4. The molecule has 2 aromatic carbocycles. The molecule has 1 fully saturated rings. The molecule has 0 saturated carbocycles. The van der Waals surface area contributed by atoms with Gasteiger partial charge in [0.1, 0.15) is 11.5 Å². The van der Waals surface area contributed by atoms with E-state index in [1.807, 2.05) is 25.1 Å². The second-order valence-corrected chi connectivity index (χ2v) is 9.23. The van der Waals surface area contributed by atoms with Crippen molar-refractivity contribution < 1.29 is 9.53 Å². The molecule has 0 N–H and O–H groups in total. The number of fused-ring (bicyclic) bond motifs is 1. The molecular weight excluding hydrogens is 487 g/mol. The van der Waals surface area contributed by atoms with E-state index >= 15 is 0 Å². The van der Waals surface area contributed by atoms with E-state index in [2.05, 4.69) is 11.6 Å². The summed E-state index contributed by atoms with van der Waals surface area (Å²) in [5.41, 5.74) is 2.71. The highest BCUT2D eigenvalue weighted by atomic mass is 35.5. The predicted octanol–water partition coefficient (Wildman–Crippen LogP) is 5.55. The Labute approximate surface area is 211 Å². The van der Waals surface area contributed by atoms with Gasteiger partial charge in [0.2, 0.25) is 5.91 Å². The van der Waals surface area contributed by atoms with Gasteiger partial charge in [-0.15, -0.1) is 0 Å². The van der Waals surface area contributed by atoms with Crippen molar-refractivity contribution in [2.45, 2.75) is 19.4 Å². The lowest BCUT2D eigenvalue weighted by atomic mass is 10.2. The van der Waals surface area contributed by atoms with E-state index in [0.717, 1.165) is 11.1 Å². The van der Waals surface area contributed by atoms with E-state index in [4.69, 9.17) is 27.9 Å². The first-order chi connectivity index (χ1) is 16.9. The first kappa shape index (κ1) is 23.2. The fraction of sp³-hybridized carbons (Fsp3) is 0.192. The van der Waals surface area contributed by atoms with Gasteiger partial charge in [-0.05, 0) is 61.4 Å². The Balaban J connectivity index is 1.53. The standard InChI is InChI=1S/C26H22Cl2N4O3/c1-3-25(33)30-11-9-18(15-30)32-22-8-10-29-14-23(22)31(26(32)34)17-5-7-24(21(28)12-17)35-19-6-4-16(2)20(27)13-19/h3-8,10,12-14,18H,1,9,11,15H2,2H3/t18-/m1/s1. The number of hydrogen-bond donors (Lipinski definition) is 0. The number of amides is 1. The summed E-state index contributed by atoms with van der Waals surface area (Å²) in [7, 11) is 0. The summed E-state index contributed by atoms with van der Waals surface area (Å²) in [6.45, 7) is 6.49. The van der Waals surface area contributed by atoms with Gasteiger partial charge < -0.3 is 9.64 Å². The van der Waals surface area contributed by atoms with Crippen LogP contribution in [-0.2, 0) is 4.79 Å². The maximum absolute atomic E-state index is 13.7. The number of ether oxygens (including phenoxy) is 1. The number of imidazole rings is 1. The molecule has 35 heavy (non-hydrogen) atoms. The van der Waals surface area contributed by atoms with Crippen molar-refractivity contribution in [1.82, 2.24) is 19.0 Å². The number of likely N-dealkylation sites (tertiary alicyclic amines) is 1. The Hall–Kier alpha value is -3.55. The van der Waals surface area contributed by atoms with Crippen LogP contribution in [0.4, 0.5) is 0 Å². The predicted molar refractivity (Wildman–Crippen MR) is 137 cm³/mol. The van der Waals surface area contributed by atoms with E-state index in [1.54, 1.807) is 50.7 Å². The van der Waals surface area contributed by atoms with Crippen LogP contribution in [0.2, 0.25) is 10.0 Å². The van der Waals surface area contributed by atoms with Crippen LogP contribution in [0.15, 0.2) is 72.3 Å². The van der Waals surface area contributed by atoms with Gasteiger partial charge in [0.15, 0.2) is 0 Å². The molecule has 1 amide bonds. The van der Waals surface area contributed by atoms with Crippen LogP contribution in [0.5, 0.6) is 11.5 Å². The number of aromatic nitrogens is 3. The third-order valence-electron chi connectivity index (χ3n) is 6.24. The van der Waals surface area contributed by atoms with E-state index < -0.39 is 0 Å². The third kappa shape index (κ3) is 4.22. The fourth-order valence-electron chi connectivity index (χ4n) is 4.43. The van der Waals surface area contributed by atoms with Gasteiger partial charge >= 0.3 is 5.69 Å². The molecule has 0 aliphatic carbocycles. The van der Waals surface area contributed by atoms with Crippen molar-refractivity contribution in [1.29, 1.82) is 0 Å². The molecule has 0 spiro atoms. The number of benzene rings is 2. The molecule has 0 bridgehead atoms. The summed E-state index contributed by atoms with van der Waals surface area (Å²) in [6, 6.07) is 12.3. The zero-order valence-electron chi connectivity index (χ0n) is 18.9. The van der Waals surface area contributed by atoms with Crippen LogP contribution in [0.3, 0.4) is 0 Å². The zero-order valence-corrected chi connectivity index (χ0v) is 20.5. The molecule has 5 rings (SSSR count). The van der Waals surface area contributed by atoms with Gasteiger partial charge in [-0.3, -0.25) is 18.9 Å². The number of nitrogens with zero attached hydrogens (tertiary/aromatic N) is 4. The molecule has 178 valence electrons. The lowest BCUT2D eigenvalue weighted by molar-refractivity contribution is -0.125. The van der Waals surface area contributed by atoms with Crippen molar-refractivity contribution in [2.75, 3.05) is 13.1 Å². The van der Waals surface area contributed by atoms with Crippen LogP contribution in [0, 0.1) is 6.92 Å². The normalized spacial score (nSPS) is 15.5. The number of aryl methyl sites for hydroxylation is 1. The third-order valence-corrected chi connectivity index (χ3v) is 6.94. The minimum atomic E-state index is -0.221. The van der Waals surface area contributed by atoms with Crippen LogP contribution in [-0.4, -0.2) is 38.0 Å². The molecule has 0 unspecified atom stereocenters. The van der Waals surface area contributed by atoms with Gasteiger partial charge in [0.05, 0.1) is 34.0 Å². The van der Waals surface area contributed by atoms with Gasteiger partial charge in [-0.2, -0.15) is 0 Å². The molecule has 1 aliphatic heterocycles. The van der Waals surface area contributed by atoms with Gasteiger partial charge in [0, 0.05) is 24.3 Å². The highest BCUT2D eigenvalue weighted by Gasteiger charge is 2.30. The quantitative estimate of drug-likeness (QED) is 0.331. The number of rotatable bonds is 5. The second-order valence-electron chi connectivity index (χ2n) is 8.41. The average molecular weight is 509 g/mol. The van der Waals surface area contributed by atoms with Crippen LogP contribution in [0.1, 0.15) is 18.0 Å². The molecule has 0 radical (unpaired) electrons. The highest BCUT2D eigenvalue weighted by Crippen LogP contribution is 2.34. The maximum atomic E-state index is 13.7. The van der Waals surface area contributed by atoms with Crippen LogP contribution >= 0.6 is 23.2 Å². The Morgan fingerprint density at radius 2 is 1.97 bits per heavy atom. The van der Waals surface area contributed by atoms with Crippen LogP contribution < -0.4 is 10.4 Å². The molecule has 1 atom stereocenters. The molecule has 9 heteroatoms. The summed E-state index contributed by atoms with van der Waals surface area (Å²) in [6.07, 6.45) is 5.28. The Morgan fingerprint density at radius 1 is 1.14 bits per heavy atom. The molecule has 3 heterocycles. The first-order valence-corrected chi connectivity index (χ1v) is 11.8. The van der Waals surface area contributed by atoms with Crippen molar-refractivity contribution >= 4 is 40.1 Å². The lowest BCUT2D eigenvalue weighted by Crippen LogP contribution is -2.31. The smallest absolute Gasteiger partial charge is 0.334 e. The number of carbonyl (C=O) groups is 1. The number of pyridine rings is 1. The maximum Gasteiger partial charge on any atom is 0.334 e. The Kier molecular flexibility index (Phi) is 6.13. The van der Waals surface area contributed by atoms with Gasteiger partial charge in [0.25, 0.3) is 0 Å². The fourth-order valence-corrected chi connectivity index (χ4v) is 4.81. The Bertz CT molecular complexity index is 1530. The molecule has 2 aromatic heterocycles. The Morgan fingerprint density at radius 3 is 2.71 bits per heavy atom. The SMILES string of the molecule is C=CC(=O)N1CC[C@@H](n2c(=O)n(-c3ccc(Oc4ccc(C)c(Cl)c4)c(Cl)c3)c3cnccc32)C1. The zero-order chi connectivity index (χ0) is 24.7. The molecule has 7 nitrogen and oxygen atoms in total.